The molecule has 2 heterocycles. The zero-order chi connectivity index (χ0) is 12.4. The second kappa shape index (κ2) is 5.23. The van der Waals surface area contributed by atoms with Crippen molar-refractivity contribution >= 4 is 21.8 Å². The van der Waals surface area contributed by atoms with Crippen molar-refractivity contribution < 1.29 is 13.9 Å². The van der Waals surface area contributed by atoms with Gasteiger partial charge in [0.15, 0.2) is 5.76 Å². The molecule has 0 radical (unpaired) electrons. The number of hydrogen-bond acceptors (Lipinski definition) is 3. The smallest absolute Gasteiger partial charge is 0.289 e. The first-order chi connectivity index (χ1) is 8.10. The van der Waals surface area contributed by atoms with E-state index in [1.165, 1.54) is 0 Å². The van der Waals surface area contributed by atoms with Gasteiger partial charge in [0, 0.05) is 18.4 Å². The Bertz CT molecular complexity index is 404. The minimum atomic E-state index is -0.0563. The Labute approximate surface area is 109 Å². The molecule has 1 aromatic rings. The molecule has 0 aromatic carbocycles. The average molecular weight is 302 g/mol. The molecule has 0 N–H and O–H groups in total. The van der Waals surface area contributed by atoms with Gasteiger partial charge in [-0.2, -0.15) is 0 Å². The van der Waals surface area contributed by atoms with Crippen LogP contribution in [0.25, 0.3) is 0 Å². The van der Waals surface area contributed by atoms with Crippen LogP contribution in [0.2, 0.25) is 0 Å². The monoisotopic (exact) mass is 301 g/mol. The molecule has 1 aliphatic heterocycles. The summed E-state index contributed by atoms with van der Waals surface area (Å²) in [5.41, 5.74) is 0. The number of aryl methyl sites for hydroxylation is 1. The molecule has 2 rings (SSSR count). The maximum Gasteiger partial charge on any atom is 0.289 e. The fourth-order valence-corrected chi connectivity index (χ4v) is 2.36. The molecule has 94 valence electrons. The van der Waals surface area contributed by atoms with Gasteiger partial charge in [-0.1, -0.05) is 15.9 Å². The van der Waals surface area contributed by atoms with E-state index in [4.69, 9.17) is 9.15 Å². The van der Waals surface area contributed by atoms with E-state index in [0.29, 0.717) is 18.8 Å². The first-order valence-electron chi connectivity index (χ1n) is 5.67. The van der Waals surface area contributed by atoms with E-state index in [2.05, 4.69) is 15.9 Å². The van der Waals surface area contributed by atoms with Gasteiger partial charge >= 0.3 is 0 Å². The van der Waals surface area contributed by atoms with Gasteiger partial charge in [-0.15, -0.1) is 0 Å². The number of alkyl halides is 1. The summed E-state index contributed by atoms with van der Waals surface area (Å²) in [6.45, 7) is 5.03. The van der Waals surface area contributed by atoms with Crippen molar-refractivity contribution in [3.63, 3.8) is 0 Å². The highest BCUT2D eigenvalue weighted by molar-refractivity contribution is 9.09. The number of carbonyl (C=O) groups is 1. The van der Waals surface area contributed by atoms with E-state index in [-0.39, 0.29) is 18.1 Å². The van der Waals surface area contributed by atoms with Crippen LogP contribution in [0, 0.1) is 6.92 Å². The largest absolute Gasteiger partial charge is 0.456 e. The van der Waals surface area contributed by atoms with Gasteiger partial charge in [0.05, 0.1) is 12.2 Å². The van der Waals surface area contributed by atoms with E-state index < -0.39 is 0 Å². The van der Waals surface area contributed by atoms with Gasteiger partial charge in [0.2, 0.25) is 0 Å². The molecule has 1 fully saturated rings. The third-order valence-corrected chi connectivity index (χ3v) is 3.46. The van der Waals surface area contributed by atoms with Crippen molar-refractivity contribution in [1.29, 1.82) is 0 Å². The number of halogens is 1. The van der Waals surface area contributed by atoms with Crippen molar-refractivity contribution in [3.05, 3.63) is 23.7 Å². The van der Waals surface area contributed by atoms with Crippen LogP contribution < -0.4 is 0 Å². The third-order valence-electron chi connectivity index (χ3n) is 2.74. The number of morpholine rings is 1. The predicted molar refractivity (Wildman–Crippen MR) is 67.5 cm³/mol. The number of ether oxygens (including phenoxy) is 1. The Morgan fingerprint density at radius 1 is 1.53 bits per heavy atom. The lowest BCUT2D eigenvalue weighted by molar-refractivity contribution is -0.0566. The number of amides is 1. The highest BCUT2D eigenvalue weighted by atomic mass is 79.9. The van der Waals surface area contributed by atoms with Crippen molar-refractivity contribution in [3.8, 4) is 0 Å². The summed E-state index contributed by atoms with van der Waals surface area (Å²) < 4.78 is 11.0. The van der Waals surface area contributed by atoms with E-state index in [0.717, 1.165) is 11.1 Å². The quantitative estimate of drug-likeness (QED) is 0.787. The van der Waals surface area contributed by atoms with Crippen LogP contribution in [0.5, 0.6) is 0 Å². The maximum absolute atomic E-state index is 12.2. The predicted octanol–water partition coefficient (Wildman–Crippen LogP) is 2.21. The molecule has 0 bridgehead atoms. The lowest BCUT2D eigenvalue weighted by Crippen LogP contribution is -2.49. The van der Waals surface area contributed by atoms with Crippen molar-refractivity contribution in [2.75, 3.05) is 18.4 Å². The second-order valence-corrected chi connectivity index (χ2v) is 4.99. The van der Waals surface area contributed by atoms with Crippen LogP contribution in [0.4, 0.5) is 0 Å². The summed E-state index contributed by atoms with van der Waals surface area (Å²) in [5.74, 6) is 1.11. The number of furan rings is 1. The zero-order valence-corrected chi connectivity index (χ0v) is 11.6. The van der Waals surface area contributed by atoms with Crippen molar-refractivity contribution in [2.45, 2.75) is 26.1 Å². The Morgan fingerprint density at radius 3 is 2.88 bits per heavy atom. The fourth-order valence-electron chi connectivity index (χ4n) is 2.00. The first-order valence-corrected chi connectivity index (χ1v) is 6.79. The topological polar surface area (TPSA) is 42.7 Å². The number of rotatable bonds is 2. The molecule has 0 saturated carbocycles. The fraction of sp³-hybridized carbons (Fsp3) is 0.583. The molecule has 1 amide bonds. The lowest BCUT2D eigenvalue weighted by Gasteiger charge is -2.35. The van der Waals surface area contributed by atoms with Crippen molar-refractivity contribution in [1.82, 2.24) is 4.90 Å². The van der Waals surface area contributed by atoms with Gasteiger partial charge in [-0.3, -0.25) is 4.79 Å². The molecule has 0 aliphatic carbocycles. The molecule has 5 heteroatoms. The highest BCUT2D eigenvalue weighted by Crippen LogP contribution is 2.17. The van der Waals surface area contributed by atoms with Crippen LogP contribution in [0.3, 0.4) is 0 Å². The number of carbonyl (C=O) groups excluding carboxylic acids is 1. The van der Waals surface area contributed by atoms with E-state index in [1.807, 2.05) is 13.8 Å². The summed E-state index contributed by atoms with van der Waals surface area (Å²) >= 11 is 3.39. The van der Waals surface area contributed by atoms with Crippen LogP contribution >= 0.6 is 15.9 Å². The third kappa shape index (κ3) is 2.90. The van der Waals surface area contributed by atoms with E-state index in [1.54, 1.807) is 17.0 Å². The van der Waals surface area contributed by atoms with Gasteiger partial charge in [-0.25, -0.2) is 0 Å². The van der Waals surface area contributed by atoms with Crippen LogP contribution in [0.1, 0.15) is 23.2 Å². The van der Waals surface area contributed by atoms with Crippen LogP contribution in [-0.2, 0) is 4.74 Å². The van der Waals surface area contributed by atoms with Crippen molar-refractivity contribution in [2.24, 2.45) is 0 Å². The minimum absolute atomic E-state index is 0.0544. The summed E-state index contributed by atoms with van der Waals surface area (Å²) in [6.07, 6.45) is 0.116. The molecule has 4 nitrogen and oxygen atoms in total. The Kier molecular flexibility index (Phi) is 3.89. The Balaban J connectivity index is 2.08. The molecule has 17 heavy (non-hydrogen) atoms. The summed E-state index contributed by atoms with van der Waals surface area (Å²) in [4.78, 5) is 14.0. The number of nitrogens with zero attached hydrogens (tertiary/aromatic N) is 1. The lowest BCUT2D eigenvalue weighted by atomic mass is 10.2. The summed E-state index contributed by atoms with van der Waals surface area (Å²) in [7, 11) is 0. The Hall–Kier alpha value is -0.810. The number of hydrogen-bond donors (Lipinski definition) is 0. The van der Waals surface area contributed by atoms with Gasteiger partial charge in [0.25, 0.3) is 5.91 Å². The molecule has 2 unspecified atom stereocenters. The summed E-state index contributed by atoms with van der Waals surface area (Å²) in [5, 5.41) is 0.734. The second-order valence-electron chi connectivity index (χ2n) is 4.34. The minimum Gasteiger partial charge on any atom is -0.456 e. The normalized spacial score (nSPS) is 25.0. The van der Waals surface area contributed by atoms with Gasteiger partial charge in [-0.05, 0) is 26.0 Å². The molecule has 1 saturated heterocycles. The molecule has 2 atom stereocenters. The Morgan fingerprint density at radius 2 is 2.29 bits per heavy atom. The van der Waals surface area contributed by atoms with E-state index >= 15 is 0 Å². The SMILES string of the molecule is Cc1ccc(C(=O)N2CC(C)OC(CBr)C2)o1. The van der Waals surface area contributed by atoms with Crippen LogP contribution in [0.15, 0.2) is 16.5 Å². The molecular weight excluding hydrogens is 286 g/mol. The van der Waals surface area contributed by atoms with E-state index in [9.17, 15) is 4.79 Å². The van der Waals surface area contributed by atoms with Gasteiger partial charge < -0.3 is 14.1 Å². The average Bonchev–Trinajstić information content (AvgIpc) is 2.74. The molecular formula is C12H16BrNO3. The molecule has 1 aliphatic rings. The van der Waals surface area contributed by atoms with Gasteiger partial charge in [0.1, 0.15) is 5.76 Å². The molecule has 0 spiro atoms. The summed E-state index contributed by atoms with van der Waals surface area (Å²) in [6, 6.07) is 3.53. The molecule has 1 aromatic heterocycles. The highest BCUT2D eigenvalue weighted by Gasteiger charge is 2.29. The van der Waals surface area contributed by atoms with Crippen LogP contribution in [-0.4, -0.2) is 41.4 Å². The maximum atomic E-state index is 12.2. The first kappa shape index (κ1) is 12.6. The standard InChI is InChI=1S/C12H16BrNO3/c1-8-3-4-11(17-8)12(15)14-6-9(2)16-10(5-13)7-14/h3-4,9-10H,5-7H2,1-2H3. The zero-order valence-electron chi connectivity index (χ0n) is 9.98.